The summed E-state index contributed by atoms with van der Waals surface area (Å²) in [5.41, 5.74) is -1.13. The van der Waals surface area contributed by atoms with E-state index < -0.39 is 44.6 Å². The first-order chi connectivity index (χ1) is 8.31. The van der Waals surface area contributed by atoms with Crippen molar-refractivity contribution in [2.45, 2.75) is 50.3 Å². The van der Waals surface area contributed by atoms with E-state index in [1.54, 1.807) is 20.8 Å². The Labute approximate surface area is 108 Å². The van der Waals surface area contributed by atoms with E-state index in [0.29, 0.717) is 6.42 Å². The molecule has 1 aliphatic heterocycles. The molecule has 0 aromatic heterocycles. The van der Waals surface area contributed by atoms with E-state index in [1.165, 1.54) is 0 Å². The van der Waals surface area contributed by atoms with Gasteiger partial charge in [-0.1, -0.05) is 13.8 Å². The van der Waals surface area contributed by atoms with Crippen LogP contribution in [0.1, 0.15) is 27.2 Å². The molecule has 2 aliphatic rings. The summed E-state index contributed by atoms with van der Waals surface area (Å²) in [6, 6.07) is 0. The summed E-state index contributed by atoms with van der Waals surface area (Å²) in [5, 5.41) is -4.98. The molecule has 0 amide bonds. The highest BCUT2D eigenvalue weighted by Crippen LogP contribution is 2.58. The summed E-state index contributed by atoms with van der Waals surface area (Å²) in [6.45, 7) is 5.17. The summed E-state index contributed by atoms with van der Waals surface area (Å²) in [4.78, 5) is 11.3. The second kappa shape index (κ2) is 3.64. The molecule has 0 radical (unpaired) electrons. The maximum Gasteiger partial charge on any atom is 0.465 e. The Kier molecular flexibility index (Phi) is 2.80. The van der Waals surface area contributed by atoms with Crippen LogP contribution < -0.4 is 0 Å². The zero-order valence-electron chi connectivity index (χ0n) is 10.5. The minimum absolute atomic E-state index is 0.500. The fourth-order valence-corrected chi connectivity index (χ4v) is 2.96. The van der Waals surface area contributed by atoms with E-state index in [9.17, 15) is 22.0 Å². The third-order valence-electron chi connectivity index (χ3n) is 3.59. The second-order valence-corrected chi connectivity index (χ2v) is 7.30. The standard InChI is InChI=1S/C10H14F2O6S/c1-8(2)4-9(3)6(18-9)5(8)17-7(13)10(11,12)19(14,15)16/h5-6H,4H2,1-3H3,(H,14,15,16). The number of halogens is 2. The zero-order valence-corrected chi connectivity index (χ0v) is 11.3. The van der Waals surface area contributed by atoms with Gasteiger partial charge >= 0.3 is 21.3 Å². The SMILES string of the molecule is CC1(C)CC2(C)OC2C1OC(=O)C(F)(F)S(=O)(=O)O. The highest BCUT2D eigenvalue weighted by atomic mass is 32.2. The summed E-state index contributed by atoms with van der Waals surface area (Å²) in [6.07, 6.45) is -0.999. The Morgan fingerprint density at radius 2 is 1.95 bits per heavy atom. The molecule has 1 aliphatic carbocycles. The van der Waals surface area contributed by atoms with Crippen LogP contribution in [0.2, 0.25) is 0 Å². The lowest BCUT2D eigenvalue weighted by Crippen LogP contribution is -2.44. The van der Waals surface area contributed by atoms with Crippen LogP contribution in [-0.4, -0.2) is 42.0 Å². The van der Waals surface area contributed by atoms with Gasteiger partial charge in [-0.3, -0.25) is 4.55 Å². The second-order valence-electron chi connectivity index (χ2n) is 5.83. The number of epoxide rings is 1. The number of fused-ring (bicyclic) bond motifs is 1. The van der Waals surface area contributed by atoms with Crippen molar-refractivity contribution < 1.29 is 36.0 Å². The fraction of sp³-hybridized carbons (Fsp3) is 0.900. The van der Waals surface area contributed by atoms with Crippen LogP contribution in [0.4, 0.5) is 8.78 Å². The molecule has 0 aromatic rings. The topological polar surface area (TPSA) is 93.2 Å². The molecule has 19 heavy (non-hydrogen) atoms. The van der Waals surface area contributed by atoms with Gasteiger partial charge in [0.25, 0.3) is 0 Å². The number of carbonyl (C=O) groups is 1. The predicted molar refractivity (Wildman–Crippen MR) is 58.1 cm³/mol. The van der Waals surface area contributed by atoms with Gasteiger partial charge in [-0.05, 0) is 13.3 Å². The monoisotopic (exact) mass is 300 g/mol. The van der Waals surface area contributed by atoms with Gasteiger partial charge in [-0.15, -0.1) is 0 Å². The van der Waals surface area contributed by atoms with Crippen molar-refractivity contribution in [3.8, 4) is 0 Å². The Bertz CT molecular complexity index is 528. The average molecular weight is 300 g/mol. The molecule has 1 saturated carbocycles. The number of hydrogen-bond acceptors (Lipinski definition) is 5. The zero-order chi connectivity index (χ0) is 14.9. The van der Waals surface area contributed by atoms with Crippen molar-refractivity contribution in [3.05, 3.63) is 0 Å². The van der Waals surface area contributed by atoms with Crippen LogP contribution >= 0.6 is 0 Å². The molecule has 1 heterocycles. The van der Waals surface area contributed by atoms with E-state index in [4.69, 9.17) is 9.29 Å². The molecule has 0 aromatic carbocycles. The molecule has 1 saturated heterocycles. The molecule has 6 nitrogen and oxygen atoms in total. The van der Waals surface area contributed by atoms with E-state index in [2.05, 4.69) is 4.74 Å². The third kappa shape index (κ3) is 2.13. The van der Waals surface area contributed by atoms with Gasteiger partial charge in [0, 0.05) is 5.41 Å². The number of carbonyl (C=O) groups excluding carboxylic acids is 1. The Morgan fingerprint density at radius 3 is 2.32 bits per heavy atom. The first kappa shape index (κ1) is 14.6. The van der Waals surface area contributed by atoms with Gasteiger partial charge in [0.1, 0.15) is 12.2 Å². The molecule has 0 spiro atoms. The number of alkyl halides is 2. The number of ether oxygens (including phenoxy) is 2. The maximum atomic E-state index is 13.1. The summed E-state index contributed by atoms with van der Waals surface area (Å²) in [7, 11) is -5.85. The van der Waals surface area contributed by atoms with Crippen LogP contribution in [0.5, 0.6) is 0 Å². The smallest absolute Gasteiger partial charge is 0.454 e. The Balaban J connectivity index is 2.17. The molecule has 0 bridgehead atoms. The van der Waals surface area contributed by atoms with Crippen molar-refractivity contribution in [1.29, 1.82) is 0 Å². The van der Waals surface area contributed by atoms with Gasteiger partial charge < -0.3 is 9.47 Å². The average Bonchev–Trinajstić information content (AvgIpc) is 2.76. The molecule has 3 atom stereocenters. The molecule has 2 fully saturated rings. The molecule has 110 valence electrons. The van der Waals surface area contributed by atoms with Gasteiger partial charge in [-0.25, -0.2) is 4.79 Å². The molecular weight excluding hydrogens is 286 g/mol. The summed E-state index contributed by atoms with van der Waals surface area (Å²) in [5.74, 6) is -2.28. The number of rotatable bonds is 3. The highest BCUT2D eigenvalue weighted by molar-refractivity contribution is 7.87. The molecule has 2 rings (SSSR count). The largest absolute Gasteiger partial charge is 0.465 e. The van der Waals surface area contributed by atoms with Crippen LogP contribution in [0.3, 0.4) is 0 Å². The normalized spacial score (nSPS) is 36.7. The van der Waals surface area contributed by atoms with Crippen LogP contribution in [0, 0.1) is 5.41 Å². The highest BCUT2D eigenvalue weighted by Gasteiger charge is 2.70. The van der Waals surface area contributed by atoms with Gasteiger partial charge in [0.2, 0.25) is 0 Å². The van der Waals surface area contributed by atoms with Crippen molar-refractivity contribution in [2.24, 2.45) is 5.41 Å². The Hall–Kier alpha value is -0.800. The van der Waals surface area contributed by atoms with Crippen molar-refractivity contribution in [3.63, 3.8) is 0 Å². The minimum atomic E-state index is -5.85. The molecule has 9 heteroatoms. The lowest BCUT2D eigenvalue weighted by molar-refractivity contribution is -0.174. The lowest BCUT2D eigenvalue weighted by Gasteiger charge is -2.29. The third-order valence-corrected chi connectivity index (χ3v) is 4.40. The van der Waals surface area contributed by atoms with Crippen LogP contribution in [0.15, 0.2) is 0 Å². The van der Waals surface area contributed by atoms with E-state index in [-0.39, 0.29) is 0 Å². The van der Waals surface area contributed by atoms with E-state index in [1.807, 2.05) is 0 Å². The first-order valence-corrected chi connectivity index (χ1v) is 6.99. The fourth-order valence-electron chi connectivity index (χ4n) is 2.71. The van der Waals surface area contributed by atoms with E-state index >= 15 is 0 Å². The van der Waals surface area contributed by atoms with Crippen molar-refractivity contribution >= 4 is 16.1 Å². The quantitative estimate of drug-likeness (QED) is 0.474. The number of esters is 1. The molecule has 1 N–H and O–H groups in total. The van der Waals surface area contributed by atoms with Crippen molar-refractivity contribution in [2.75, 3.05) is 0 Å². The van der Waals surface area contributed by atoms with Crippen LogP contribution in [0.25, 0.3) is 0 Å². The van der Waals surface area contributed by atoms with Gasteiger partial charge in [-0.2, -0.15) is 17.2 Å². The summed E-state index contributed by atoms with van der Waals surface area (Å²) < 4.78 is 65.3. The first-order valence-electron chi connectivity index (χ1n) is 5.55. The molecular formula is C10H14F2O6S. The Morgan fingerprint density at radius 1 is 1.42 bits per heavy atom. The van der Waals surface area contributed by atoms with Crippen molar-refractivity contribution in [1.82, 2.24) is 0 Å². The maximum absolute atomic E-state index is 13.1. The number of hydrogen-bond donors (Lipinski definition) is 1. The van der Waals surface area contributed by atoms with Gasteiger partial charge in [0.05, 0.1) is 5.60 Å². The predicted octanol–water partition coefficient (Wildman–Crippen LogP) is 0.966. The molecule has 3 unspecified atom stereocenters. The summed E-state index contributed by atoms with van der Waals surface area (Å²) >= 11 is 0. The van der Waals surface area contributed by atoms with E-state index in [0.717, 1.165) is 0 Å². The van der Waals surface area contributed by atoms with Gasteiger partial charge in [0.15, 0.2) is 0 Å². The lowest BCUT2D eigenvalue weighted by atomic mass is 9.87. The minimum Gasteiger partial charge on any atom is -0.454 e. The van der Waals surface area contributed by atoms with Crippen LogP contribution in [-0.2, 0) is 24.4 Å².